The minimum absolute atomic E-state index is 0.0889. The zero-order valence-electron chi connectivity index (χ0n) is 10.3. The fourth-order valence-corrected chi connectivity index (χ4v) is 2.57. The van der Waals surface area contributed by atoms with Crippen molar-refractivity contribution in [1.29, 1.82) is 0 Å². The van der Waals surface area contributed by atoms with Gasteiger partial charge in [-0.3, -0.25) is 5.32 Å². The van der Waals surface area contributed by atoms with Crippen molar-refractivity contribution >= 4 is 44.4 Å². The third-order valence-corrected chi connectivity index (χ3v) is 3.71. The van der Waals surface area contributed by atoms with Gasteiger partial charge in [0.1, 0.15) is 17.1 Å². The van der Waals surface area contributed by atoms with E-state index in [1.54, 1.807) is 13.1 Å². The second-order valence-electron chi connectivity index (χ2n) is 3.76. The number of aromatic carboxylic acids is 1. The number of aromatic nitrogens is 1. The van der Waals surface area contributed by atoms with Crippen LogP contribution >= 0.6 is 27.3 Å². The average molecular weight is 360 g/mol. The third kappa shape index (κ3) is 3.58. The molecule has 0 aliphatic heterocycles. The van der Waals surface area contributed by atoms with Crippen molar-refractivity contribution in [1.82, 2.24) is 10.3 Å². The van der Waals surface area contributed by atoms with Gasteiger partial charge in [0.15, 0.2) is 5.13 Å². The number of thiazole rings is 1. The number of amides is 2. The Morgan fingerprint density at radius 2 is 2.30 bits per heavy atom. The summed E-state index contributed by atoms with van der Waals surface area (Å²) >= 11 is 4.52. The molecule has 2 aromatic rings. The first-order valence-electron chi connectivity index (χ1n) is 5.44. The minimum atomic E-state index is -1.06. The van der Waals surface area contributed by atoms with E-state index in [0.717, 1.165) is 3.79 Å². The van der Waals surface area contributed by atoms with Gasteiger partial charge in [0.2, 0.25) is 0 Å². The number of carbonyl (C=O) groups is 2. The first-order chi connectivity index (χ1) is 9.45. The highest BCUT2D eigenvalue weighted by atomic mass is 79.9. The zero-order valence-corrected chi connectivity index (χ0v) is 12.7. The Kier molecular flexibility index (Phi) is 4.40. The maximum atomic E-state index is 11.6. The molecule has 0 aromatic carbocycles. The highest BCUT2D eigenvalue weighted by Gasteiger charge is 2.14. The molecule has 2 heterocycles. The largest absolute Gasteiger partial charge is 0.478 e. The Labute approximate surface area is 126 Å². The van der Waals surface area contributed by atoms with Crippen molar-refractivity contribution in [3.8, 4) is 0 Å². The second kappa shape index (κ2) is 6.06. The topological polar surface area (TPSA) is 104 Å². The lowest BCUT2D eigenvalue weighted by Gasteiger charge is -2.02. The monoisotopic (exact) mass is 359 g/mol. The minimum Gasteiger partial charge on any atom is -0.478 e. The quantitative estimate of drug-likeness (QED) is 0.778. The molecule has 0 atom stereocenters. The highest BCUT2D eigenvalue weighted by molar-refractivity contribution is 9.11. The zero-order chi connectivity index (χ0) is 14.7. The summed E-state index contributed by atoms with van der Waals surface area (Å²) in [7, 11) is 0. The molecule has 0 fully saturated rings. The van der Waals surface area contributed by atoms with Gasteiger partial charge < -0.3 is 14.8 Å². The van der Waals surface area contributed by atoms with E-state index in [9.17, 15) is 9.59 Å². The smallest absolute Gasteiger partial charge is 0.339 e. The molecule has 9 heteroatoms. The molecule has 106 valence electrons. The molecule has 2 amide bonds. The van der Waals surface area contributed by atoms with Gasteiger partial charge in [-0.15, -0.1) is 0 Å². The van der Waals surface area contributed by atoms with E-state index in [-0.39, 0.29) is 12.1 Å². The van der Waals surface area contributed by atoms with Crippen LogP contribution in [0.1, 0.15) is 21.9 Å². The first kappa shape index (κ1) is 14.5. The number of anilines is 1. The molecule has 2 rings (SSSR count). The van der Waals surface area contributed by atoms with E-state index < -0.39 is 12.0 Å². The summed E-state index contributed by atoms with van der Waals surface area (Å²) in [6.45, 7) is 1.65. The molecule has 0 bridgehead atoms. The van der Waals surface area contributed by atoms with Crippen molar-refractivity contribution in [2.24, 2.45) is 0 Å². The van der Waals surface area contributed by atoms with Crippen LogP contribution in [0.4, 0.5) is 9.93 Å². The molecule has 0 saturated carbocycles. The van der Waals surface area contributed by atoms with Gasteiger partial charge >= 0.3 is 12.0 Å². The van der Waals surface area contributed by atoms with E-state index in [0.29, 0.717) is 16.7 Å². The summed E-state index contributed by atoms with van der Waals surface area (Å²) in [5, 5.41) is 14.4. The fraction of sp³-hybridized carbons (Fsp3) is 0.182. The number of urea groups is 1. The number of furan rings is 1. The molecule has 0 saturated heterocycles. The number of hydrogen-bond donors (Lipinski definition) is 3. The van der Waals surface area contributed by atoms with Crippen LogP contribution in [0.15, 0.2) is 20.5 Å². The van der Waals surface area contributed by atoms with Crippen molar-refractivity contribution in [3.63, 3.8) is 0 Å². The van der Waals surface area contributed by atoms with Crippen LogP contribution in [0.25, 0.3) is 0 Å². The molecular formula is C11H10BrN3O4S. The van der Waals surface area contributed by atoms with Crippen molar-refractivity contribution in [2.45, 2.75) is 13.5 Å². The van der Waals surface area contributed by atoms with Crippen LogP contribution in [0, 0.1) is 6.92 Å². The summed E-state index contributed by atoms with van der Waals surface area (Å²) < 4.78 is 6.04. The Morgan fingerprint density at radius 1 is 1.55 bits per heavy atom. The number of carbonyl (C=O) groups excluding carboxylic acids is 1. The van der Waals surface area contributed by atoms with Crippen LogP contribution in [0.3, 0.4) is 0 Å². The lowest BCUT2D eigenvalue weighted by atomic mass is 10.2. The van der Waals surface area contributed by atoms with Crippen LogP contribution in [0.5, 0.6) is 0 Å². The number of nitrogens with one attached hydrogen (secondary N) is 2. The van der Waals surface area contributed by atoms with Crippen LogP contribution < -0.4 is 10.6 Å². The molecular weight excluding hydrogens is 350 g/mol. The standard InChI is InChI=1S/C11H10BrN3O4S/c1-5-7(9(16)17)2-6(19-5)3-13-10(18)15-11-14-4-8(12)20-11/h2,4H,3H2,1H3,(H,16,17)(H2,13,14,15,18). The summed E-state index contributed by atoms with van der Waals surface area (Å²) in [5.74, 6) is -0.386. The van der Waals surface area contributed by atoms with Crippen LogP contribution in [-0.4, -0.2) is 22.1 Å². The second-order valence-corrected chi connectivity index (χ2v) is 6.17. The van der Waals surface area contributed by atoms with E-state index >= 15 is 0 Å². The van der Waals surface area contributed by atoms with Gasteiger partial charge in [0.25, 0.3) is 0 Å². The summed E-state index contributed by atoms with van der Waals surface area (Å²) in [5.41, 5.74) is 0.0889. The molecule has 0 radical (unpaired) electrons. The van der Waals surface area contributed by atoms with Gasteiger partial charge in [-0.1, -0.05) is 11.3 Å². The van der Waals surface area contributed by atoms with E-state index in [1.165, 1.54) is 17.4 Å². The normalized spacial score (nSPS) is 10.3. The predicted octanol–water partition coefficient (Wildman–Crippen LogP) is 2.83. The van der Waals surface area contributed by atoms with E-state index in [4.69, 9.17) is 9.52 Å². The lowest BCUT2D eigenvalue weighted by molar-refractivity contribution is 0.0695. The number of rotatable bonds is 4. The van der Waals surface area contributed by atoms with Gasteiger partial charge in [-0.05, 0) is 28.9 Å². The summed E-state index contributed by atoms with van der Waals surface area (Å²) in [6.07, 6.45) is 1.58. The molecule has 0 aliphatic carbocycles. The van der Waals surface area contributed by atoms with Gasteiger partial charge in [0.05, 0.1) is 16.5 Å². The maximum Gasteiger partial charge on any atom is 0.339 e. The van der Waals surface area contributed by atoms with Crippen molar-refractivity contribution in [2.75, 3.05) is 5.32 Å². The summed E-state index contributed by atoms with van der Waals surface area (Å²) in [4.78, 5) is 26.4. The fourth-order valence-electron chi connectivity index (χ4n) is 1.46. The van der Waals surface area contributed by atoms with Crippen LogP contribution in [-0.2, 0) is 6.54 Å². The lowest BCUT2D eigenvalue weighted by Crippen LogP contribution is -2.27. The van der Waals surface area contributed by atoms with Crippen molar-refractivity contribution < 1.29 is 19.1 Å². The summed E-state index contributed by atoms with van der Waals surface area (Å²) in [6, 6.07) is 0.940. The molecule has 0 unspecified atom stereocenters. The Hall–Kier alpha value is -1.87. The molecule has 3 N–H and O–H groups in total. The molecule has 0 spiro atoms. The SMILES string of the molecule is Cc1oc(CNC(=O)Nc2ncc(Br)s2)cc1C(=O)O. The Balaban J connectivity index is 1.90. The Morgan fingerprint density at radius 3 is 2.85 bits per heavy atom. The van der Waals surface area contributed by atoms with Gasteiger partial charge in [0, 0.05) is 0 Å². The molecule has 0 aliphatic rings. The number of halogens is 1. The van der Waals surface area contributed by atoms with Gasteiger partial charge in [-0.25, -0.2) is 14.6 Å². The predicted molar refractivity (Wildman–Crippen MR) is 76.1 cm³/mol. The van der Waals surface area contributed by atoms with Crippen molar-refractivity contribution in [3.05, 3.63) is 33.1 Å². The molecule has 7 nitrogen and oxygen atoms in total. The third-order valence-electron chi connectivity index (χ3n) is 2.32. The Bertz CT molecular complexity index is 652. The number of carboxylic acids is 1. The van der Waals surface area contributed by atoms with Gasteiger partial charge in [-0.2, -0.15) is 0 Å². The average Bonchev–Trinajstić information content (AvgIpc) is 2.93. The number of aryl methyl sites for hydroxylation is 1. The first-order valence-corrected chi connectivity index (χ1v) is 7.05. The molecule has 20 heavy (non-hydrogen) atoms. The van der Waals surface area contributed by atoms with Crippen LogP contribution in [0.2, 0.25) is 0 Å². The number of nitrogens with zero attached hydrogens (tertiary/aromatic N) is 1. The maximum absolute atomic E-state index is 11.6. The van der Waals surface area contributed by atoms with E-state index in [2.05, 4.69) is 31.5 Å². The highest BCUT2D eigenvalue weighted by Crippen LogP contribution is 2.22. The number of hydrogen-bond acceptors (Lipinski definition) is 5. The molecule has 2 aromatic heterocycles. The number of carboxylic acid groups (broad SMARTS) is 1. The van der Waals surface area contributed by atoms with E-state index in [1.807, 2.05) is 0 Å².